The number of nitrogens with zero attached hydrogens (tertiary/aromatic N) is 2. The van der Waals surface area contributed by atoms with Crippen LogP contribution in [0.5, 0.6) is 17.4 Å². The quantitative estimate of drug-likeness (QED) is 0.195. The molecule has 0 radical (unpaired) electrons. The molecule has 9 heteroatoms. The molecule has 0 fully saturated rings. The third-order valence-corrected chi connectivity index (χ3v) is 3.66. The lowest BCUT2D eigenvalue weighted by atomic mass is 10.1. The lowest BCUT2D eigenvalue weighted by Gasteiger charge is -2.12. The Bertz CT molecular complexity index is 896. The summed E-state index contributed by atoms with van der Waals surface area (Å²) in [5, 5.41) is 10.9. The van der Waals surface area contributed by atoms with Crippen LogP contribution < -0.4 is 9.47 Å². The number of aromatic nitrogens is 1. The van der Waals surface area contributed by atoms with Crippen molar-refractivity contribution in [3.8, 4) is 17.4 Å². The molecule has 1 aromatic carbocycles. The topological polar surface area (TPSA) is 110 Å². The first-order chi connectivity index (χ1) is 13.9. The van der Waals surface area contributed by atoms with E-state index in [9.17, 15) is 14.9 Å². The number of esters is 1. The Kier molecular flexibility index (Phi) is 8.11. The number of carbonyl (C=O) groups excluding carboxylic acids is 1. The summed E-state index contributed by atoms with van der Waals surface area (Å²) >= 11 is 0. The molecule has 154 valence electrons. The molecule has 0 aliphatic rings. The Hall–Kier alpha value is -3.46. The summed E-state index contributed by atoms with van der Waals surface area (Å²) in [6.45, 7) is 4.41. The van der Waals surface area contributed by atoms with Gasteiger partial charge in [0.15, 0.2) is 0 Å². The molecule has 0 aliphatic carbocycles. The summed E-state index contributed by atoms with van der Waals surface area (Å²) in [6, 6.07) is 6.45. The summed E-state index contributed by atoms with van der Waals surface area (Å²) in [5.41, 5.74) is 0.941. The van der Waals surface area contributed by atoms with E-state index in [-0.39, 0.29) is 18.2 Å². The van der Waals surface area contributed by atoms with E-state index in [2.05, 4.69) is 4.98 Å². The van der Waals surface area contributed by atoms with Gasteiger partial charge in [-0.3, -0.25) is 10.1 Å². The van der Waals surface area contributed by atoms with Crippen LogP contribution in [0.15, 0.2) is 36.5 Å². The van der Waals surface area contributed by atoms with Gasteiger partial charge < -0.3 is 18.9 Å². The lowest BCUT2D eigenvalue weighted by molar-refractivity contribution is -0.385. The van der Waals surface area contributed by atoms with Crippen molar-refractivity contribution in [2.45, 2.75) is 13.8 Å². The van der Waals surface area contributed by atoms with Crippen LogP contribution in [0.4, 0.5) is 5.69 Å². The number of pyridine rings is 1. The van der Waals surface area contributed by atoms with E-state index in [1.54, 1.807) is 45.2 Å². The van der Waals surface area contributed by atoms with Gasteiger partial charge in [0.05, 0.1) is 18.1 Å². The summed E-state index contributed by atoms with van der Waals surface area (Å²) < 4.78 is 21.3. The molecule has 0 saturated heterocycles. The molecule has 2 rings (SSSR count). The number of ether oxygens (including phenoxy) is 4. The van der Waals surface area contributed by atoms with Crippen LogP contribution in [0.25, 0.3) is 6.08 Å². The minimum absolute atomic E-state index is 0.131. The summed E-state index contributed by atoms with van der Waals surface area (Å²) in [7, 11) is 1.57. The van der Waals surface area contributed by atoms with Crippen molar-refractivity contribution in [1.29, 1.82) is 0 Å². The van der Waals surface area contributed by atoms with Gasteiger partial charge in [-0.25, -0.2) is 9.78 Å². The van der Waals surface area contributed by atoms with E-state index in [0.717, 1.165) is 6.20 Å². The Morgan fingerprint density at radius 2 is 2.07 bits per heavy atom. The number of aryl methyl sites for hydroxylation is 1. The molecule has 0 aliphatic heterocycles. The average molecular weight is 402 g/mol. The summed E-state index contributed by atoms with van der Waals surface area (Å²) in [5.74, 6) is 0.619. The second-order valence-electron chi connectivity index (χ2n) is 5.80. The predicted octanol–water partition coefficient (Wildman–Crippen LogP) is 3.69. The Balaban J connectivity index is 2.33. The fraction of sp³-hybridized carbons (Fsp3) is 0.300. The van der Waals surface area contributed by atoms with Crippen LogP contribution in [-0.4, -0.2) is 42.8 Å². The highest BCUT2D eigenvalue weighted by Gasteiger charge is 2.13. The third kappa shape index (κ3) is 6.58. The van der Waals surface area contributed by atoms with Gasteiger partial charge in [0.1, 0.15) is 24.3 Å². The molecule has 0 unspecified atom stereocenters. The largest absolute Gasteiger partial charge is 0.491 e. The van der Waals surface area contributed by atoms with E-state index in [0.29, 0.717) is 35.8 Å². The van der Waals surface area contributed by atoms with Gasteiger partial charge in [-0.1, -0.05) is 0 Å². The standard InChI is InChI=1S/C20H22N2O7/c1-4-27-19(23)8-6-15-5-7-17(28-10-9-26-3)12-18(15)29-20-14(2)11-16(13-21-20)22(24)25/h5-8,11-13H,4,9-10H2,1-3H3/b8-6+. The van der Waals surface area contributed by atoms with Crippen molar-refractivity contribution in [1.82, 2.24) is 4.98 Å². The van der Waals surface area contributed by atoms with Crippen LogP contribution >= 0.6 is 0 Å². The minimum atomic E-state index is -0.526. The number of hydrogen-bond donors (Lipinski definition) is 0. The predicted molar refractivity (Wildman–Crippen MR) is 105 cm³/mol. The molecule has 9 nitrogen and oxygen atoms in total. The maximum atomic E-state index is 11.6. The fourth-order valence-electron chi connectivity index (χ4n) is 2.28. The van der Waals surface area contributed by atoms with E-state index in [1.165, 1.54) is 12.1 Å². The number of carbonyl (C=O) groups is 1. The van der Waals surface area contributed by atoms with Crippen LogP contribution in [0.2, 0.25) is 0 Å². The fourth-order valence-corrected chi connectivity index (χ4v) is 2.28. The van der Waals surface area contributed by atoms with Crippen LogP contribution in [0, 0.1) is 17.0 Å². The second-order valence-corrected chi connectivity index (χ2v) is 5.80. The molecule has 0 atom stereocenters. The zero-order valence-corrected chi connectivity index (χ0v) is 16.4. The van der Waals surface area contributed by atoms with Crippen molar-refractivity contribution in [2.24, 2.45) is 0 Å². The second kappa shape index (κ2) is 10.8. The third-order valence-electron chi connectivity index (χ3n) is 3.66. The molecular weight excluding hydrogens is 380 g/mol. The van der Waals surface area contributed by atoms with E-state index >= 15 is 0 Å². The van der Waals surface area contributed by atoms with Crippen LogP contribution in [0.1, 0.15) is 18.1 Å². The molecule has 0 N–H and O–H groups in total. The monoisotopic (exact) mass is 402 g/mol. The molecule has 1 aromatic heterocycles. The molecule has 2 aromatic rings. The lowest BCUT2D eigenvalue weighted by Crippen LogP contribution is -2.04. The Labute approximate surface area is 168 Å². The van der Waals surface area contributed by atoms with Crippen molar-refractivity contribution < 1.29 is 28.7 Å². The van der Waals surface area contributed by atoms with Gasteiger partial charge in [0.25, 0.3) is 5.69 Å². The SMILES string of the molecule is CCOC(=O)/C=C/c1ccc(OCCOC)cc1Oc1ncc([N+](=O)[O-])cc1C. The Morgan fingerprint density at radius 1 is 1.28 bits per heavy atom. The van der Waals surface area contributed by atoms with Gasteiger partial charge in [-0.2, -0.15) is 0 Å². The first kappa shape index (κ1) is 21.8. The van der Waals surface area contributed by atoms with E-state index in [1.807, 2.05) is 0 Å². The maximum absolute atomic E-state index is 11.6. The maximum Gasteiger partial charge on any atom is 0.330 e. The number of methoxy groups -OCH3 is 1. The van der Waals surface area contributed by atoms with Crippen LogP contribution in [0.3, 0.4) is 0 Å². The zero-order chi connectivity index (χ0) is 21.2. The van der Waals surface area contributed by atoms with Crippen molar-refractivity contribution in [3.63, 3.8) is 0 Å². The average Bonchev–Trinajstić information content (AvgIpc) is 2.69. The number of nitro groups is 1. The normalized spacial score (nSPS) is 10.7. The van der Waals surface area contributed by atoms with Gasteiger partial charge in [-0.05, 0) is 32.1 Å². The van der Waals surface area contributed by atoms with Gasteiger partial charge in [0, 0.05) is 36.4 Å². The highest BCUT2D eigenvalue weighted by Crippen LogP contribution is 2.32. The molecule has 0 bridgehead atoms. The minimum Gasteiger partial charge on any atom is -0.491 e. The number of benzene rings is 1. The Morgan fingerprint density at radius 3 is 2.72 bits per heavy atom. The first-order valence-electron chi connectivity index (χ1n) is 8.84. The first-order valence-corrected chi connectivity index (χ1v) is 8.84. The number of hydrogen-bond acceptors (Lipinski definition) is 8. The van der Waals surface area contributed by atoms with Gasteiger partial charge in [0.2, 0.25) is 5.88 Å². The summed E-state index contributed by atoms with van der Waals surface area (Å²) in [6.07, 6.45) is 3.95. The highest BCUT2D eigenvalue weighted by molar-refractivity contribution is 5.87. The van der Waals surface area contributed by atoms with E-state index in [4.69, 9.17) is 18.9 Å². The van der Waals surface area contributed by atoms with E-state index < -0.39 is 10.9 Å². The molecule has 29 heavy (non-hydrogen) atoms. The smallest absolute Gasteiger partial charge is 0.330 e. The molecule has 0 saturated carbocycles. The molecule has 1 heterocycles. The molecule has 0 spiro atoms. The van der Waals surface area contributed by atoms with Crippen molar-refractivity contribution in [3.05, 3.63) is 57.8 Å². The highest BCUT2D eigenvalue weighted by atomic mass is 16.6. The molecule has 0 amide bonds. The van der Waals surface area contributed by atoms with Gasteiger partial charge in [-0.15, -0.1) is 0 Å². The zero-order valence-electron chi connectivity index (χ0n) is 16.4. The van der Waals surface area contributed by atoms with Gasteiger partial charge >= 0.3 is 5.97 Å². The molecular formula is C20H22N2O7. The summed E-state index contributed by atoms with van der Waals surface area (Å²) in [4.78, 5) is 26.0. The van der Waals surface area contributed by atoms with Crippen molar-refractivity contribution >= 4 is 17.7 Å². The van der Waals surface area contributed by atoms with Crippen molar-refractivity contribution in [2.75, 3.05) is 26.9 Å². The number of rotatable bonds is 10. The van der Waals surface area contributed by atoms with Crippen LogP contribution in [-0.2, 0) is 14.3 Å².